The zero-order valence-electron chi connectivity index (χ0n) is 10.7. The lowest BCUT2D eigenvalue weighted by Crippen LogP contribution is -2.18. The molecule has 0 bridgehead atoms. The molecule has 0 spiro atoms. The summed E-state index contributed by atoms with van der Waals surface area (Å²) in [6, 6.07) is 5.09. The predicted octanol–water partition coefficient (Wildman–Crippen LogP) is 2.09. The summed E-state index contributed by atoms with van der Waals surface area (Å²) >= 11 is 0. The van der Waals surface area contributed by atoms with Crippen LogP contribution in [0, 0.1) is 0 Å². The van der Waals surface area contributed by atoms with Gasteiger partial charge >= 0.3 is 11.7 Å². The van der Waals surface area contributed by atoms with E-state index >= 15 is 0 Å². The Hall–Kier alpha value is -2.04. The molecule has 2 aromatic rings. The Morgan fingerprint density at radius 2 is 2.17 bits per heavy atom. The monoisotopic (exact) mass is 248 g/mol. The quantitative estimate of drug-likeness (QED) is 0.846. The molecule has 5 nitrogen and oxygen atoms in total. The normalized spacial score (nSPS) is 11.1. The molecular formula is C13H16N2O3. The van der Waals surface area contributed by atoms with Gasteiger partial charge < -0.3 is 9.72 Å². The molecule has 1 N–H and O–H groups in total. The van der Waals surface area contributed by atoms with Crippen molar-refractivity contribution in [2.45, 2.75) is 26.8 Å². The Morgan fingerprint density at radius 3 is 2.78 bits per heavy atom. The van der Waals surface area contributed by atoms with E-state index in [4.69, 9.17) is 4.74 Å². The summed E-state index contributed by atoms with van der Waals surface area (Å²) in [6.45, 7) is 5.94. The number of esters is 1. The summed E-state index contributed by atoms with van der Waals surface area (Å²) in [5.41, 5.74) is 1.74. The zero-order valence-corrected chi connectivity index (χ0v) is 10.7. The molecule has 0 aliphatic heterocycles. The van der Waals surface area contributed by atoms with Crippen LogP contribution in [0.2, 0.25) is 0 Å². The molecule has 0 fully saturated rings. The second-order valence-electron chi connectivity index (χ2n) is 4.35. The standard InChI is InChI=1S/C13H16N2O3/c1-4-18-12(16)9-5-6-10-11(7-9)15(8(2)3)13(17)14-10/h5-8H,4H2,1-3H3,(H,14,17). The molecule has 1 aromatic heterocycles. The van der Waals surface area contributed by atoms with Crippen molar-refractivity contribution < 1.29 is 9.53 Å². The van der Waals surface area contributed by atoms with Crippen molar-refractivity contribution in [3.63, 3.8) is 0 Å². The molecule has 0 saturated carbocycles. The number of carbonyl (C=O) groups excluding carboxylic acids is 1. The lowest BCUT2D eigenvalue weighted by molar-refractivity contribution is 0.0526. The number of benzene rings is 1. The van der Waals surface area contributed by atoms with Crippen molar-refractivity contribution in [1.82, 2.24) is 9.55 Å². The smallest absolute Gasteiger partial charge is 0.338 e. The molecule has 96 valence electrons. The number of nitrogens with zero attached hydrogens (tertiary/aromatic N) is 1. The van der Waals surface area contributed by atoms with Crippen LogP contribution in [0.5, 0.6) is 0 Å². The minimum Gasteiger partial charge on any atom is -0.462 e. The fourth-order valence-corrected chi connectivity index (χ4v) is 1.98. The van der Waals surface area contributed by atoms with Gasteiger partial charge in [-0.15, -0.1) is 0 Å². The summed E-state index contributed by atoms with van der Waals surface area (Å²) in [5, 5.41) is 0. The Kier molecular flexibility index (Phi) is 3.23. The first-order chi connectivity index (χ1) is 8.54. The fourth-order valence-electron chi connectivity index (χ4n) is 1.98. The molecule has 0 aliphatic carbocycles. The van der Waals surface area contributed by atoms with Crippen LogP contribution < -0.4 is 5.69 Å². The summed E-state index contributed by atoms with van der Waals surface area (Å²) in [4.78, 5) is 26.2. The van der Waals surface area contributed by atoms with Crippen LogP contribution in [0.1, 0.15) is 37.2 Å². The highest BCUT2D eigenvalue weighted by molar-refractivity contribution is 5.93. The molecule has 0 radical (unpaired) electrons. The number of carbonyl (C=O) groups is 1. The predicted molar refractivity (Wildman–Crippen MR) is 68.9 cm³/mol. The summed E-state index contributed by atoms with van der Waals surface area (Å²) in [6.07, 6.45) is 0. The molecule has 2 rings (SSSR count). The van der Waals surface area contributed by atoms with Crippen molar-refractivity contribution in [1.29, 1.82) is 0 Å². The Morgan fingerprint density at radius 1 is 1.44 bits per heavy atom. The van der Waals surface area contributed by atoms with Crippen LogP contribution in [0.15, 0.2) is 23.0 Å². The van der Waals surface area contributed by atoms with Crippen molar-refractivity contribution in [2.24, 2.45) is 0 Å². The molecule has 0 atom stereocenters. The second-order valence-corrected chi connectivity index (χ2v) is 4.35. The van der Waals surface area contributed by atoms with E-state index in [1.165, 1.54) is 0 Å². The van der Waals surface area contributed by atoms with Gasteiger partial charge in [0.2, 0.25) is 0 Å². The van der Waals surface area contributed by atoms with Crippen LogP contribution in [-0.4, -0.2) is 22.1 Å². The Labute approximate surface area is 104 Å². The maximum Gasteiger partial charge on any atom is 0.338 e. The van der Waals surface area contributed by atoms with E-state index in [0.717, 1.165) is 11.0 Å². The molecule has 18 heavy (non-hydrogen) atoms. The maximum absolute atomic E-state index is 11.8. The summed E-state index contributed by atoms with van der Waals surface area (Å²) in [7, 11) is 0. The topological polar surface area (TPSA) is 64.1 Å². The molecule has 1 aromatic carbocycles. The lowest BCUT2D eigenvalue weighted by atomic mass is 10.2. The third kappa shape index (κ3) is 2.03. The van der Waals surface area contributed by atoms with E-state index in [1.54, 1.807) is 29.7 Å². The molecule has 1 heterocycles. The van der Waals surface area contributed by atoms with E-state index in [-0.39, 0.29) is 17.7 Å². The second kappa shape index (κ2) is 4.68. The van der Waals surface area contributed by atoms with Gasteiger partial charge in [0.25, 0.3) is 0 Å². The minimum atomic E-state index is -0.372. The third-order valence-electron chi connectivity index (χ3n) is 2.75. The number of nitrogens with one attached hydrogen (secondary N) is 1. The van der Waals surface area contributed by atoms with Crippen LogP contribution >= 0.6 is 0 Å². The van der Waals surface area contributed by atoms with E-state index in [1.807, 2.05) is 13.8 Å². The first-order valence-corrected chi connectivity index (χ1v) is 5.96. The highest BCUT2D eigenvalue weighted by Gasteiger charge is 2.13. The van der Waals surface area contributed by atoms with Gasteiger partial charge in [-0.05, 0) is 39.0 Å². The number of H-pyrrole nitrogens is 1. The number of ether oxygens (including phenoxy) is 1. The number of hydrogen-bond donors (Lipinski definition) is 1. The van der Waals surface area contributed by atoms with Gasteiger partial charge in [-0.2, -0.15) is 0 Å². The van der Waals surface area contributed by atoms with Gasteiger partial charge in [0.1, 0.15) is 0 Å². The first-order valence-electron chi connectivity index (χ1n) is 5.96. The van der Waals surface area contributed by atoms with E-state index in [9.17, 15) is 9.59 Å². The van der Waals surface area contributed by atoms with E-state index in [2.05, 4.69) is 4.98 Å². The summed E-state index contributed by atoms with van der Waals surface area (Å²) < 4.78 is 6.57. The molecule has 0 unspecified atom stereocenters. The molecule has 5 heteroatoms. The van der Waals surface area contributed by atoms with Gasteiger partial charge in [-0.1, -0.05) is 0 Å². The van der Waals surface area contributed by atoms with Gasteiger partial charge in [0, 0.05) is 6.04 Å². The SMILES string of the molecule is CCOC(=O)c1ccc2[nH]c(=O)n(C(C)C)c2c1. The third-order valence-corrected chi connectivity index (χ3v) is 2.75. The first kappa shape index (κ1) is 12.4. The number of aromatic amines is 1. The van der Waals surface area contributed by atoms with Crippen LogP contribution in [0.4, 0.5) is 0 Å². The summed E-state index contributed by atoms with van der Waals surface area (Å²) in [5.74, 6) is -0.372. The Balaban J connectivity index is 2.59. The minimum absolute atomic E-state index is 0.0312. The van der Waals surface area contributed by atoms with Crippen molar-refractivity contribution in [3.05, 3.63) is 34.2 Å². The largest absolute Gasteiger partial charge is 0.462 e. The highest BCUT2D eigenvalue weighted by atomic mass is 16.5. The molecule has 0 aliphatic rings. The van der Waals surface area contributed by atoms with E-state index in [0.29, 0.717) is 12.2 Å². The number of fused-ring (bicyclic) bond motifs is 1. The lowest BCUT2D eigenvalue weighted by Gasteiger charge is -2.07. The highest BCUT2D eigenvalue weighted by Crippen LogP contribution is 2.17. The van der Waals surface area contributed by atoms with Gasteiger partial charge in [-0.3, -0.25) is 4.57 Å². The van der Waals surface area contributed by atoms with Gasteiger partial charge in [0.05, 0.1) is 23.2 Å². The van der Waals surface area contributed by atoms with Crippen LogP contribution in [-0.2, 0) is 4.74 Å². The molecule has 0 amide bonds. The number of aromatic nitrogens is 2. The van der Waals surface area contributed by atoms with Gasteiger partial charge in [-0.25, -0.2) is 9.59 Å². The molecular weight excluding hydrogens is 232 g/mol. The van der Waals surface area contributed by atoms with E-state index < -0.39 is 0 Å². The number of imidazole rings is 1. The average molecular weight is 248 g/mol. The van der Waals surface area contributed by atoms with Crippen LogP contribution in [0.3, 0.4) is 0 Å². The average Bonchev–Trinajstić information content (AvgIpc) is 2.64. The van der Waals surface area contributed by atoms with Crippen LogP contribution in [0.25, 0.3) is 11.0 Å². The Bertz CT molecular complexity index is 637. The van der Waals surface area contributed by atoms with Crippen molar-refractivity contribution in [3.8, 4) is 0 Å². The number of hydrogen-bond acceptors (Lipinski definition) is 3. The molecule has 0 saturated heterocycles. The van der Waals surface area contributed by atoms with Crippen molar-refractivity contribution in [2.75, 3.05) is 6.61 Å². The van der Waals surface area contributed by atoms with Crippen molar-refractivity contribution >= 4 is 17.0 Å². The zero-order chi connectivity index (χ0) is 13.3. The maximum atomic E-state index is 11.8. The number of rotatable bonds is 3. The van der Waals surface area contributed by atoms with Gasteiger partial charge in [0.15, 0.2) is 0 Å². The fraction of sp³-hybridized carbons (Fsp3) is 0.385.